The van der Waals surface area contributed by atoms with Crippen LogP contribution in [0, 0.1) is 0 Å². The van der Waals surface area contributed by atoms with Crippen molar-refractivity contribution in [1.29, 1.82) is 0 Å². The molecule has 0 saturated heterocycles. The Labute approximate surface area is 75.8 Å². The van der Waals surface area contributed by atoms with Gasteiger partial charge in [-0.1, -0.05) is 18.6 Å². The lowest BCUT2D eigenvalue weighted by Gasteiger charge is -2.40. The fraction of sp³-hybridized carbons (Fsp3) is 0.818. The van der Waals surface area contributed by atoms with E-state index in [2.05, 4.69) is 40.7 Å². The van der Waals surface area contributed by atoms with Gasteiger partial charge in [-0.05, 0) is 40.5 Å². The van der Waals surface area contributed by atoms with Crippen LogP contribution < -0.4 is 0 Å². The van der Waals surface area contributed by atoms with Gasteiger partial charge in [0.05, 0.1) is 11.2 Å². The third-order valence-electron chi connectivity index (χ3n) is 2.20. The zero-order chi connectivity index (χ0) is 9.41. The predicted octanol–water partition coefficient (Wildman–Crippen LogP) is 3.30. The highest BCUT2D eigenvalue weighted by atomic mass is 16.5. The van der Waals surface area contributed by atoms with Gasteiger partial charge in [0.1, 0.15) is 0 Å². The molecule has 0 amide bonds. The van der Waals surface area contributed by atoms with E-state index >= 15 is 0 Å². The standard InChI is InChI=1S/C11H20O/c1-6-9-7-10(2,3)12-11(4,5)8-9/h7H,6,8H2,1-5H3. The number of ether oxygens (including phenoxy) is 1. The van der Waals surface area contributed by atoms with Gasteiger partial charge in [-0.3, -0.25) is 0 Å². The van der Waals surface area contributed by atoms with Crippen LogP contribution in [0.25, 0.3) is 0 Å². The van der Waals surface area contributed by atoms with Crippen molar-refractivity contribution in [3.8, 4) is 0 Å². The molecule has 1 heterocycles. The molecule has 1 nitrogen and oxygen atoms in total. The molecule has 1 heteroatoms. The van der Waals surface area contributed by atoms with Crippen molar-refractivity contribution in [2.45, 2.75) is 58.7 Å². The van der Waals surface area contributed by atoms with Crippen molar-refractivity contribution in [3.63, 3.8) is 0 Å². The molecule has 0 aliphatic carbocycles. The van der Waals surface area contributed by atoms with E-state index in [0.717, 1.165) is 12.8 Å². The van der Waals surface area contributed by atoms with Crippen molar-refractivity contribution in [2.75, 3.05) is 0 Å². The zero-order valence-electron chi connectivity index (χ0n) is 8.90. The zero-order valence-corrected chi connectivity index (χ0v) is 8.90. The van der Waals surface area contributed by atoms with Gasteiger partial charge in [-0.2, -0.15) is 0 Å². The predicted molar refractivity (Wildman–Crippen MR) is 52.2 cm³/mol. The minimum absolute atomic E-state index is 0.0175. The molecule has 0 radical (unpaired) electrons. The molecule has 70 valence electrons. The Morgan fingerprint density at radius 2 is 1.92 bits per heavy atom. The van der Waals surface area contributed by atoms with E-state index in [1.807, 2.05) is 0 Å². The summed E-state index contributed by atoms with van der Waals surface area (Å²) < 4.78 is 5.92. The lowest BCUT2D eigenvalue weighted by atomic mass is 9.88. The van der Waals surface area contributed by atoms with Gasteiger partial charge in [-0.25, -0.2) is 0 Å². The quantitative estimate of drug-likeness (QED) is 0.546. The van der Waals surface area contributed by atoms with E-state index in [-0.39, 0.29) is 11.2 Å². The summed E-state index contributed by atoms with van der Waals surface area (Å²) in [6.45, 7) is 10.8. The third kappa shape index (κ3) is 2.34. The molecule has 0 saturated carbocycles. The molecule has 0 aromatic carbocycles. The van der Waals surface area contributed by atoms with Crippen LogP contribution in [-0.4, -0.2) is 11.2 Å². The summed E-state index contributed by atoms with van der Waals surface area (Å²) in [6.07, 6.45) is 4.49. The minimum atomic E-state index is -0.0763. The number of hydrogen-bond donors (Lipinski definition) is 0. The van der Waals surface area contributed by atoms with Crippen LogP contribution in [-0.2, 0) is 4.74 Å². The average Bonchev–Trinajstić information content (AvgIpc) is 1.80. The first-order valence-corrected chi connectivity index (χ1v) is 4.75. The van der Waals surface area contributed by atoms with Crippen LogP contribution >= 0.6 is 0 Å². The lowest BCUT2D eigenvalue weighted by molar-refractivity contribution is -0.106. The molecule has 1 aliphatic rings. The highest BCUT2D eigenvalue weighted by molar-refractivity contribution is 5.15. The number of rotatable bonds is 1. The van der Waals surface area contributed by atoms with Gasteiger partial charge in [0, 0.05) is 0 Å². The van der Waals surface area contributed by atoms with Crippen LogP contribution in [0.4, 0.5) is 0 Å². The van der Waals surface area contributed by atoms with Crippen LogP contribution in [0.5, 0.6) is 0 Å². The average molecular weight is 168 g/mol. The molecule has 0 unspecified atom stereocenters. The van der Waals surface area contributed by atoms with Gasteiger partial charge in [0.25, 0.3) is 0 Å². The van der Waals surface area contributed by atoms with Crippen LogP contribution in [0.15, 0.2) is 11.6 Å². The fourth-order valence-corrected chi connectivity index (χ4v) is 2.09. The first kappa shape index (κ1) is 9.79. The highest BCUT2D eigenvalue weighted by Gasteiger charge is 2.32. The third-order valence-corrected chi connectivity index (χ3v) is 2.20. The van der Waals surface area contributed by atoms with Crippen LogP contribution in [0.1, 0.15) is 47.5 Å². The second kappa shape index (κ2) is 2.88. The Hall–Kier alpha value is -0.300. The van der Waals surface area contributed by atoms with Crippen LogP contribution in [0.2, 0.25) is 0 Å². The largest absolute Gasteiger partial charge is 0.365 e. The maximum Gasteiger partial charge on any atom is 0.0816 e. The molecule has 0 bridgehead atoms. The van der Waals surface area contributed by atoms with Gasteiger partial charge < -0.3 is 4.74 Å². The van der Waals surface area contributed by atoms with E-state index in [0.29, 0.717) is 0 Å². The van der Waals surface area contributed by atoms with Gasteiger partial charge in [0.15, 0.2) is 0 Å². The molecule has 0 atom stereocenters. The summed E-state index contributed by atoms with van der Waals surface area (Å²) in [7, 11) is 0. The normalized spacial score (nSPS) is 26.6. The van der Waals surface area contributed by atoms with E-state index in [9.17, 15) is 0 Å². The van der Waals surface area contributed by atoms with E-state index in [4.69, 9.17) is 4.74 Å². The van der Waals surface area contributed by atoms with Crippen molar-refractivity contribution in [2.24, 2.45) is 0 Å². The maximum atomic E-state index is 5.92. The minimum Gasteiger partial charge on any atom is -0.365 e. The van der Waals surface area contributed by atoms with E-state index < -0.39 is 0 Å². The summed E-state index contributed by atoms with van der Waals surface area (Å²) >= 11 is 0. The first-order chi connectivity index (χ1) is 5.35. The molecule has 1 rings (SSSR count). The Balaban J connectivity index is 2.86. The van der Waals surface area contributed by atoms with Gasteiger partial charge in [0.2, 0.25) is 0 Å². The molecular formula is C11H20O. The lowest BCUT2D eigenvalue weighted by Crippen LogP contribution is -2.39. The van der Waals surface area contributed by atoms with Crippen molar-refractivity contribution in [3.05, 3.63) is 11.6 Å². The Morgan fingerprint density at radius 1 is 1.33 bits per heavy atom. The van der Waals surface area contributed by atoms with E-state index in [1.54, 1.807) is 0 Å². The fourth-order valence-electron chi connectivity index (χ4n) is 2.09. The van der Waals surface area contributed by atoms with Crippen LogP contribution in [0.3, 0.4) is 0 Å². The van der Waals surface area contributed by atoms with Crippen molar-refractivity contribution in [1.82, 2.24) is 0 Å². The molecule has 0 aromatic rings. The topological polar surface area (TPSA) is 9.23 Å². The van der Waals surface area contributed by atoms with E-state index in [1.165, 1.54) is 5.57 Å². The molecule has 0 fully saturated rings. The summed E-state index contributed by atoms with van der Waals surface area (Å²) in [5.74, 6) is 0. The molecule has 0 spiro atoms. The Kier molecular flexibility index (Phi) is 2.35. The molecular weight excluding hydrogens is 148 g/mol. The summed E-state index contributed by atoms with van der Waals surface area (Å²) in [5, 5.41) is 0. The number of hydrogen-bond acceptors (Lipinski definition) is 1. The first-order valence-electron chi connectivity index (χ1n) is 4.75. The smallest absolute Gasteiger partial charge is 0.0816 e. The Bertz CT molecular complexity index is 199. The van der Waals surface area contributed by atoms with Crippen molar-refractivity contribution < 1.29 is 4.74 Å². The van der Waals surface area contributed by atoms with Gasteiger partial charge >= 0.3 is 0 Å². The molecule has 12 heavy (non-hydrogen) atoms. The molecule has 0 N–H and O–H groups in total. The highest BCUT2D eigenvalue weighted by Crippen LogP contribution is 2.34. The summed E-state index contributed by atoms with van der Waals surface area (Å²) in [6, 6.07) is 0. The summed E-state index contributed by atoms with van der Waals surface area (Å²) in [4.78, 5) is 0. The van der Waals surface area contributed by atoms with Crippen molar-refractivity contribution >= 4 is 0 Å². The second-order valence-corrected chi connectivity index (χ2v) is 4.80. The molecule has 0 aromatic heterocycles. The summed E-state index contributed by atoms with van der Waals surface area (Å²) in [5.41, 5.74) is 1.47. The monoisotopic (exact) mass is 168 g/mol. The SMILES string of the molecule is CCC1=CC(C)(C)OC(C)(C)C1. The maximum absolute atomic E-state index is 5.92. The second-order valence-electron chi connectivity index (χ2n) is 4.80. The molecule has 1 aliphatic heterocycles. The van der Waals surface area contributed by atoms with Gasteiger partial charge in [-0.15, -0.1) is 0 Å². The Morgan fingerprint density at radius 3 is 2.33 bits per heavy atom.